The number of carbonyl (C=O) groups is 1. The Kier molecular flexibility index (Phi) is 5.58. The number of likely N-dealkylation sites (tertiary alicyclic amines) is 1. The molecule has 0 saturated carbocycles. The summed E-state index contributed by atoms with van der Waals surface area (Å²) in [6.07, 6.45) is 3.45. The molecule has 3 aliphatic heterocycles. The van der Waals surface area contributed by atoms with Gasteiger partial charge < -0.3 is 10.2 Å². The fourth-order valence-corrected chi connectivity index (χ4v) is 5.56. The lowest BCUT2D eigenvalue weighted by Crippen LogP contribution is -2.42. The number of aryl methyl sites for hydroxylation is 2. The quantitative estimate of drug-likeness (QED) is 0.884. The van der Waals surface area contributed by atoms with Gasteiger partial charge in [-0.15, -0.1) is 11.8 Å². The number of nitrogens with one attached hydrogen (secondary N) is 1. The predicted molar refractivity (Wildman–Crippen MR) is 109 cm³/mol. The van der Waals surface area contributed by atoms with E-state index in [9.17, 15) is 4.79 Å². The number of benzene rings is 1. The van der Waals surface area contributed by atoms with Crippen LogP contribution in [0.15, 0.2) is 18.2 Å². The summed E-state index contributed by atoms with van der Waals surface area (Å²) in [4.78, 5) is 17.3. The average Bonchev–Trinajstić information content (AvgIpc) is 3.36. The van der Waals surface area contributed by atoms with Crippen molar-refractivity contribution in [3.8, 4) is 0 Å². The standard InChI is InChI=1S/C21H31N3OS/c1-15-3-4-18(11-16(15)2)17-5-7-23(8-6-17)19-12-20(22-13-19)21(25)24-9-10-26-14-24/h3-4,11,17,19-20,22H,5-10,12-14H2,1-2H3/t19-,20-/m0/s1. The van der Waals surface area contributed by atoms with Crippen LogP contribution >= 0.6 is 11.8 Å². The van der Waals surface area contributed by atoms with Gasteiger partial charge in [0.15, 0.2) is 0 Å². The first-order valence-corrected chi connectivity index (χ1v) is 11.2. The number of thioether (sulfide) groups is 1. The monoisotopic (exact) mass is 373 g/mol. The molecule has 0 unspecified atom stereocenters. The van der Waals surface area contributed by atoms with Gasteiger partial charge in [0.05, 0.1) is 11.9 Å². The van der Waals surface area contributed by atoms with Gasteiger partial charge in [0, 0.05) is 24.9 Å². The molecule has 0 spiro atoms. The molecular weight excluding hydrogens is 342 g/mol. The summed E-state index contributed by atoms with van der Waals surface area (Å²) >= 11 is 1.86. The summed E-state index contributed by atoms with van der Waals surface area (Å²) in [5, 5.41) is 3.50. The first kappa shape index (κ1) is 18.3. The Hall–Kier alpha value is -1.04. The Balaban J connectivity index is 1.29. The molecular formula is C21H31N3OS. The van der Waals surface area contributed by atoms with Gasteiger partial charge in [-0.3, -0.25) is 9.69 Å². The third-order valence-corrected chi connectivity index (χ3v) is 7.48. The van der Waals surface area contributed by atoms with E-state index in [1.54, 1.807) is 0 Å². The van der Waals surface area contributed by atoms with Crippen molar-refractivity contribution in [1.82, 2.24) is 15.1 Å². The zero-order chi connectivity index (χ0) is 18.1. The number of nitrogens with zero attached hydrogens (tertiary/aromatic N) is 2. The first-order valence-electron chi connectivity index (χ1n) is 10.0. The van der Waals surface area contributed by atoms with Crippen LogP contribution in [0.2, 0.25) is 0 Å². The molecule has 1 amide bonds. The van der Waals surface area contributed by atoms with Crippen molar-refractivity contribution in [3.05, 3.63) is 34.9 Å². The number of rotatable bonds is 3. The van der Waals surface area contributed by atoms with E-state index in [0.29, 0.717) is 17.9 Å². The molecule has 4 nitrogen and oxygen atoms in total. The summed E-state index contributed by atoms with van der Waals surface area (Å²) in [7, 11) is 0. The Morgan fingerprint density at radius 1 is 1.15 bits per heavy atom. The Morgan fingerprint density at radius 3 is 2.65 bits per heavy atom. The topological polar surface area (TPSA) is 35.6 Å². The Labute approximate surface area is 161 Å². The number of amides is 1. The third-order valence-electron chi connectivity index (χ3n) is 6.52. The van der Waals surface area contributed by atoms with Crippen LogP contribution in [0.4, 0.5) is 0 Å². The van der Waals surface area contributed by atoms with E-state index < -0.39 is 0 Å². The van der Waals surface area contributed by atoms with Crippen molar-refractivity contribution in [2.75, 3.05) is 37.8 Å². The molecule has 1 aromatic rings. The zero-order valence-electron chi connectivity index (χ0n) is 16.0. The van der Waals surface area contributed by atoms with Gasteiger partial charge in [0.2, 0.25) is 5.91 Å². The number of carbonyl (C=O) groups excluding carboxylic acids is 1. The van der Waals surface area contributed by atoms with E-state index in [1.807, 2.05) is 16.7 Å². The molecule has 3 saturated heterocycles. The van der Waals surface area contributed by atoms with Crippen LogP contribution in [0.3, 0.4) is 0 Å². The number of piperidine rings is 1. The minimum absolute atomic E-state index is 0.0381. The van der Waals surface area contributed by atoms with Gasteiger partial charge in [-0.05, 0) is 68.8 Å². The normalized spacial score (nSPS) is 28.0. The first-order chi connectivity index (χ1) is 12.6. The van der Waals surface area contributed by atoms with Crippen molar-refractivity contribution in [1.29, 1.82) is 0 Å². The maximum atomic E-state index is 12.6. The van der Waals surface area contributed by atoms with Crippen molar-refractivity contribution in [2.45, 2.75) is 51.1 Å². The molecule has 0 bridgehead atoms. The van der Waals surface area contributed by atoms with Gasteiger partial charge >= 0.3 is 0 Å². The van der Waals surface area contributed by atoms with E-state index >= 15 is 0 Å². The molecule has 3 heterocycles. The molecule has 0 radical (unpaired) electrons. The predicted octanol–water partition coefficient (Wildman–Crippen LogP) is 2.75. The summed E-state index contributed by atoms with van der Waals surface area (Å²) < 4.78 is 0. The molecule has 2 atom stereocenters. The minimum Gasteiger partial charge on any atom is -0.331 e. The van der Waals surface area contributed by atoms with E-state index in [1.165, 1.54) is 29.5 Å². The second-order valence-electron chi connectivity index (χ2n) is 8.14. The SMILES string of the molecule is Cc1ccc(C2CCN([C@@H]3CN[C@H](C(=O)N4CCSC4)C3)CC2)cc1C. The lowest BCUT2D eigenvalue weighted by molar-refractivity contribution is -0.131. The molecule has 3 fully saturated rings. The Bertz CT molecular complexity index is 651. The fraction of sp³-hybridized carbons (Fsp3) is 0.667. The lowest BCUT2D eigenvalue weighted by atomic mass is 9.87. The van der Waals surface area contributed by atoms with Crippen molar-refractivity contribution in [2.24, 2.45) is 0 Å². The van der Waals surface area contributed by atoms with Crippen LogP contribution in [0.5, 0.6) is 0 Å². The summed E-state index contributed by atoms with van der Waals surface area (Å²) in [5.74, 6) is 2.98. The van der Waals surface area contributed by atoms with Crippen LogP contribution in [0.25, 0.3) is 0 Å². The molecule has 0 aromatic heterocycles. The molecule has 1 aromatic carbocycles. The van der Waals surface area contributed by atoms with Crippen LogP contribution in [-0.2, 0) is 4.79 Å². The van der Waals surface area contributed by atoms with Crippen molar-refractivity contribution >= 4 is 17.7 Å². The van der Waals surface area contributed by atoms with Gasteiger partial charge in [0.25, 0.3) is 0 Å². The van der Waals surface area contributed by atoms with Gasteiger partial charge in [-0.25, -0.2) is 0 Å². The maximum Gasteiger partial charge on any atom is 0.240 e. The fourth-order valence-electron chi connectivity index (χ4n) is 4.61. The van der Waals surface area contributed by atoms with Crippen LogP contribution < -0.4 is 5.32 Å². The van der Waals surface area contributed by atoms with Gasteiger partial charge in [0.1, 0.15) is 0 Å². The molecule has 1 N–H and O–H groups in total. The molecule has 4 rings (SSSR count). The highest BCUT2D eigenvalue weighted by atomic mass is 32.2. The van der Waals surface area contributed by atoms with E-state index in [2.05, 4.69) is 42.3 Å². The van der Waals surface area contributed by atoms with Crippen molar-refractivity contribution in [3.63, 3.8) is 0 Å². The van der Waals surface area contributed by atoms with Crippen LogP contribution in [0.1, 0.15) is 41.9 Å². The minimum atomic E-state index is 0.0381. The summed E-state index contributed by atoms with van der Waals surface area (Å²) in [5.41, 5.74) is 4.30. The van der Waals surface area contributed by atoms with Gasteiger partial charge in [-0.1, -0.05) is 18.2 Å². The zero-order valence-corrected chi connectivity index (χ0v) is 16.9. The summed E-state index contributed by atoms with van der Waals surface area (Å²) in [6, 6.07) is 7.54. The Morgan fingerprint density at radius 2 is 1.96 bits per heavy atom. The van der Waals surface area contributed by atoms with E-state index in [0.717, 1.165) is 44.2 Å². The highest BCUT2D eigenvalue weighted by Crippen LogP contribution is 2.31. The second-order valence-corrected chi connectivity index (χ2v) is 9.22. The van der Waals surface area contributed by atoms with Crippen LogP contribution in [-0.4, -0.2) is 65.6 Å². The van der Waals surface area contributed by atoms with Crippen molar-refractivity contribution < 1.29 is 4.79 Å². The van der Waals surface area contributed by atoms with Crippen LogP contribution in [0, 0.1) is 13.8 Å². The molecule has 5 heteroatoms. The number of hydrogen-bond acceptors (Lipinski definition) is 4. The van der Waals surface area contributed by atoms with Gasteiger partial charge in [-0.2, -0.15) is 0 Å². The highest BCUT2D eigenvalue weighted by Gasteiger charge is 2.36. The largest absolute Gasteiger partial charge is 0.331 e. The molecule has 26 heavy (non-hydrogen) atoms. The molecule has 3 aliphatic rings. The average molecular weight is 374 g/mol. The molecule has 0 aliphatic carbocycles. The lowest BCUT2D eigenvalue weighted by Gasteiger charge is -2.36. The highest BCUT2D eigenvalue weighted by molar-refractivity contribution is 7.99. The third kappa shape index (κ3) is 3.80. The van der Waals surface area contributed by atoms with E-state index in [-0.39, 0.29) is 6.04 Å². The molecule has 142 valence electrons. The number of hydrogen-bond donors (Lipinski definition) is 1. The van der Waals surface area contributed by atoms with E-state index in [4.69, 9.17) is 0 Å². The smallest absolute Gasteiger partial charge is 0.240 e. The maximum absolute atomic E-state index is 12.6. The second kappa shape index (κ2) is 7.91. The summed E-state index contributed by atoms with van der Waals surface area (Å²) in [6.45, 7) is 8.61.